The summed E-state index contributed by atoms with van der Waals surface area (Å²) in [5, 5.41) is 0. The maximum atomic E-state index is 11.5. The number of carbonyl (C=O) groups excluding carboxylic acids is 1. The first-order chi connectivity index (χ1) is 5.18. The van der Waals surface area contributed by atoms with E-state index in [1.807, 2.05) is 4.90 Å². The van der Waals surface area contributed by atoms with Gasteiger partial charge in [-0.3, -0.25) is 4.79 Å². The standard InChI is InChI=1S/C9H15NO/c1-6(2)10-5-7-3-8(4-7)9(10)11/h6-8H,3-5H2,1-2H3. The first-order valence-corrected chi connectivity index (χ1v) is 4.49. The van der Waals surface area contributed by atoms with Crippen LogP contribution in [0.15, 0.2) is 0 Å². The van der Waals surface area contributed by atoms with Crippen molar-refractivity contribution in [3.05, 3.63) is 0 Å². The molecular weight excluding hydrogens is 138 g/mol. The summed E-state index contributed by atoms with van der Waals surface area (Å²) in [6, 6.07) is 0.410. The van der Waals surface area contributed by atoms with E-state index in [1.165, 1.54) is 12.8 Å². The van der Waals surface area contributed by atoms with Crippen molar-refractivity contribution in [3.8, 4) is 0 Å². The fourth-order valence-corrected chi connectivity index (χ4v) is 2.15. The van der Waals surface area contributed by atoms with Crippen LogP contribution in [0.25, 0.3) is 0 Å². The van der Waals surface area contributed by atoms with Crippen LogP contribution in [0.2, 0.25) is 0 Å². The van der Waals surface area contributed by atoms with E-state index in [0.717, 1.165) is 12.5 Å². The van der Waals surface area contributed by atoms with Gasteiger partial charge in [-0.05, 0) is 32.6 Å². The van der Waals surface area contributed by atoms with Gasteiger partial charge in [0.1, 0.15) is 0 Å². The Hall–Kier alpha value is -0.530. The van der Waals surface area contributed by atoms with E-state index >= 15 is 0 Å². The van der Waals surface area contributed by atoms with Crippen molar-refractivity contribution in [1.29, 1.82) is 0 Å². The zero-order chi connectivity index (χ0) is 8.01. The Bertz CT molecular complexity index is 182. The third kappa shape index (κ3) is 0.959. The average Bonchev–Trinajstić information content (AvgIpc) is 1.84. The Morgan fingerprint density at radius 1 is 1.45 bits per heavy atom. The molecule has 1 amide bonds. The predicted octanol–water partition coefficient (Wildman–Crippen LogP) is 1.26. The Balaban J connectivity index is 2.07. The summed E-state index contributed by atoms with van der Waals surface area (Å²) in [6.45, 7) is 5.22. The van der Waals surface area contributed by atoms with Crippen molar-refractivity contribution in [1.82, 2.24) is 4.90 Å². The van der Waals surface area contributed by atoms with Crippen LogP contribution in [0.1, 0.15) is 26.7 Å². The monoisotopic (exact) mass is 153 g/mol. The van der Waals surface area contributed by atoms with Crippen LogP contribution in [0, 0.1) is 11.8 Å². The van der Waals surface area contributed by atoms with E-state index in [2.05, 4.69) is 13.8 Å². The molecule has 0 atom stereocenters. The molecule has 0 N–H and O–H groups in total. The Morgan fingerprint density at radius 2 is 2.09 bits per heavy atom. The van der Waals surface area contributed by atoms with Crippen LogP contribution in [0.4, 0.5) is 0 Å². The highest BCUT2D eigenvalue weighted by Crippen LogP contribution is 2.40. The second-order valence-corrected chi connectivity index (χ2v) is 4.12. The number of fused-ring (bicyclic) bond motifs is 2. The van der Waals surface area contributed by atoms with Gasteiger partial charge in [0, 0.05) is 18.5 Å². The van der Waals surface area contributed by atoms with E-state index in [-0.39, 0.29) is 0 Å². The first-order valence-electron chi connectivity index (χ1n) is 4.49. The second-order valence-electron chi connectivity index (χ2n) is 4.12. The van der Waals surface area contributed by atoms with Crippen LogP contribution in [0.3, 0.4) is 0 Å². The fraction of sp³-hybridized carbons (Fsp3) is 0.889. The number of hydrogen-bond donors (Lipinski definition) is 0. The van der Waals surface area contributed by atoms with Crippen molar-refractivity contribution < 1.29 is 4.79 Å². The van der Waals surface area contributed by atoms with E-state index in [1.54, 1.807) is 0 Å². The summed E-state index contributed by atoms with van der Waals surface area (Å²) in [5.41, 5.74) is 0. The van der Waals surface area contributed by atoms with Crippen molar-refractivity contribution in [2.45, 2.75) is 32.7 Å². The Morgan fingerprint density at radius 3 is 2.45 bits per heavy atom. The summed E-state index contributed by atoms with van der Waals surface area (Å²) >= 11 is 0. The molecule has 62 valence electrons. The lowest BCUT2D eigenvalue weighted by Gasteiger charge is -2.47. The predicted molar refractivity (Wildman–Crippen MR) is 43.1 cm³/mol. The molecule has 1 aliphatic carbocycles. The molecule has 0 aromatic rings. The summed E-state index contributed by atoms with van der Waals surface area (Å²) in [7, 11) is 0. The topological polar surface area (TPSA) is 20.3 Å². The maximum Gasteiger partial charge on any atom is 0.225 e. The zero-order valence-corrected chi connectivity index (χ0v) is 7.21. The van der Waals surface area contributed by atoms with Gasteiger partial charge < -0.3 is 4.90 Å². The molecule has 0 aromatic heterocycles. The third-order valence-corrected chi connectivity index (χ3v) is 2.95. The van der Waals surface area contributed by atoms with Crippen molar-refractivity contribution >= 4 is 5.91 Å². The smallest absolute Gasteiger partial charge is 0.225 e. The van der Waals surface area contributed by atoms with Gasteiger partial charge in [-0.1, -0.05) is 0 Å². The lowest BCUT2D eigenvalue weighted by molar-refractivity contribution is -0.151. The number of nitrogens with zero attached hydrogens (tertiary/aromatic N) is 1. The molecule has 11 heavy (non-hydrogen) atoms. The van der Waals surface area contributed by atoms with Gasteiger partial charge in [0.25, 0.3) is 0 Å². The Labute approximate surface area is 67.6 Å². The number of carbonyl (C=O) groups is 1. The van der Waals surface area contributed by atoms with Gasteiger partial charge >= 0.3 is 0 Å². The number of hydrogen-bond acceptors (Lipinski definition) is 1. The first kappa shape index (κ1) is 7.14. The molecule has 2 aliphatic heterocycles. The SMILES string of the molecule is CC(C)N1CC2CC(C2)C1=O. The summed E-state index contributed by atoms with van der Waals surface area (Å²) in [4.78, 5) is 13.6. The molecule has 2 bridgehead atoms. The summed E-state index contributed by atoms with van der Waals surface area (Å²) in [5.74, 6) is 1.64. The highest BCUT2D eigenvalue weighted by atomic mass is 16.2. The number of rotatable bonds is 1. The Kier molecular flexibility index (Phi) is 1.44. The normalized spacial score (nSPS) is 35.9. The van der Waals surface area contributed by atoms with Gasteiger partial charge in [0.2, 0.25) is 5.91 Å². The lowest BCUT2D eigenvalue weighted by atomic mass is 9.70. The van der Waals surface area contributed by atoms with Crippen LogP contribution in [0.5, 0.6) is 0 Å². The van der Waals surface area contributed by atoms with Crippen molar-refractivity contribution in [2.24, 2.45) is 11.8 Å². The van der Waals surface area contributed by atoms with E-state index < -0.39 is 0 Å². The van der Waals surface area contributed by atoms with Gasteiger partial charge in [-0.15, -0.1) is 0 Å². The molecule has 0 spiro atoms. The van der Waals surface area contributed by atoms with Crippen LogP contribution in [-0.4, -0.2) is 23.4 Å². The lowest BCUT2D eigenvalue weighted by Crippen LogP contribution is -2.55. The van der Waals surface area contributed by atoms with Gasteiger partial charge in [0.05, 0.1) is 0 Å². The zero-order valence-electron chi connectivity index (χ0n) is 7.21. The number of piperidine rings is 2. The van der Waals surface area contributed by atoms with Crippen LogP contribution >= 0.6 is 0 Å². The highest BCUT2D eigenvalue weighted by Gasteiger charge is 2.43. The minimum absolute atomic E-state index is 0.399. The molecule has 2 nitrogen and oxygen atoms in total. The average molecular weight is 153 g/mol. The molecular formula is C9H15NO. The third-order valence-electron chi connectivity index (χ3n) is 2.95. The molecule has 0 unspecified atom stereocenters. The molecule has 2 heterocycles. The second kappa shape index (κ2) is 2.23. The van der Waals surface area contributed by atoms with Gasteiger partial charge in [-0.25, -0.2) is 0 Å². The van der Waals surface area contributed by atoms with E-state index in [9.17, 15) is 4.79 Å². The van der Waals surface area contributed by atoms with Crippen molar-refractivity contribution in [2.75, 3.05) is 6.54 Å². The van der Waals surface area contributed by atoms with Gasteiger partial charge in [0.15, 0.2) is 0 Å². The minimum atomic E-state index is 0.399. The molecule has 3 rings (SSSR count). The van der Waals surface area contributed by atoms with Crippen molar-refractivity contribution in [3.63, 3.8) is 0 Å². The molecule has 0 aromatic carbocycles. The quantitative estimate of drug-likeness (QED) is 0.555. The summed E-state index contributed by atoms with van der Waals surface area (Å²) < 4.78 is 0. The maximum absolute atomic E-state index is 11.5. The van der Waals surface area contributed by atoms with Crippen LogP contribution < -0.4 is 0 Å². The van der Waals surface area contributed by atoms with Gasteiger partial charge in [-0.2, -0.15) is 0 Å². The van der Waals surface area contributed by atoms with E-state index in [0.29, 0.717) is 17.9 Å². The molecule has 0 radical (unpaired) electrons. The van der Waals surface area contributed by atoms with E-state index in [4.69, 9.17) is 0 Å². The molecule has 2 heteroatoms. The highest BCUT2D eigenvalue weighted by molar-refractivity contribution is 5.81. The molecule has 3 aliphatic rings. The molecule has 1 saturated carbocycles. The minimum Gasteiger partial charge on any atom is -0.340 e. The largest absolute Gasteiger partial charge is 0.340 e. The molecule has 3 fully saturated rings. The van der Waals surface area contributed by atoms with Crippen LogP contribution in [-0.2, 0) is 4.79 Å². The molecule has 2 saturated heterocycles. The number of amides is 1. The fourth-order valence-electron chi connectivity index (χ4n) is 2.15. The summed E-state index contributed by atoms with van der Waals surface area (Å²) in [6.07, 6.45) is 2.34.